The van der Waals surface area contributed by atoms with Gasteiger partial charge in [-0.2, -0.15) is 0 Å². The maximum absolute atomic E-state index is 6.04. The predicted octanol–water partition coefficient (Wildman–Crippen LogP) is 1.63. The van der Waals surface area contributed by atoms with Crippen LogP contribution in [0.5, 0.6) is 0 Å². The summed E-state index contributed by atoms with van der Waals surface area (Å²) in [4.78, 5) is 2.67. The summed E-state index contributed by atoms with van der Waals surface area (Å²) in [6, 6.07) is 0.760. The molecule has 0 aromatic rings. The molecule has 0 aromatic heterocycles. The van der Waals surface area contributed by atoms with Crippen LogP contribution in [0.25, 0.3) is 0 Å². The summed E-state index contributed by atoms with van der Waals surface area (Å²) >= 11 is 0. The SMILES string of the molecule is CCC1(CC)CC(N2CCNCC2)CCO1. The Morgan fingerprint density at radius 2 is 1.94 bits per heavy atom. The molecule has 0 amide bonds. The van der Waals surface area contributed by atoms with Crippen molar-refractivity contribution in [2.45, 2.75) is 51.2 Å². The molecule has 2 saturated heterocycles. The molecule has 2 rings (SSSR count). The monoisotopic (exact) mass is 226 g/mol. The number of nitrogens with zero attached hydrogens (tertiary/aromatic N) is 1. The first-order valence-corrected chi connectivity index (χ1v) is 6.88. The van der Waals surface area contributed by atoms with Crippen LogP contribution in [0.4, 0.5) is 0 Å². The van der Waals surface area contributed by atoms with Crippen molar-refractivity contribution in [1.29, 1.82) is 0 Å². The Labute approximate surface area is 99.5 Å². The van der Waals surface area contributed by atoms with Gasteiger partial charge in [0.2, 0.25) is 0 Å². The lowest BCUT2D eigenvalue weighted by atomic mass is 9.85. The first-order chi connectivity index (χ1) is 7.79. The second kappa shape index (κ2) is 5.48. The molecule has 2 fully saturated rings. The summed E-state index contributed by atoms with van der Waals surface area (Å²) in [7, 11) is 0. The van der Waals surface area contributed by atoms with Gasteiger partial charge >= 0.3 is 0 Å². The molecule has 0 spiro atoms. The maximum atomic E-state index is 6.04. The molecule has 1 unspecified atom stereocenters. The Kier molecular flexibility index (Phi) is 4.22. The van der Waals surface area contributed by atoms with Crippen molar-refractivity contribution >= 4 is 0 Å². The Morgan fingerprint density at radius 1 is 1.25 bits per heavy atom. The smallest absolute Gasteiger partial charge is 0.0692 e. The molecule has 94 valence electrons. The van der Waals surface area contributed by atoms with Crippen LogP contribution in [0.1, 0.15) is 39.5 Å². The highest BCUT2D eigenvalue weighted by Gasteiger charge is 2.36. The van der Waals surface area contributed by atoms with Crippen LogP contribution in [0.2, 0.25) is 0 Å². The Balaban J connectivity index is 1.94. The van der Waals surface area contributed by atoms with Crippen molar-refractivity contribution in [3.05, 3.63) is 0 Å². The van der Waals surface area contributed by atoms with E-state index in [4.69, 9.17) is 4.74 Å². The molecule has 1 N–H and O–H groups in total. The lowest BCUT2D eigenvalue weighted by Gasteiger charge is -2.45. The summed E-state index contributed by atoms with van der Waals surface area (Å²) in [6.07, 6.45) is 4.78. The van der Waals surface area contributed by atoms with E-state index in [2.05, 4.69) is 24.1 Å². The van der Waals surface area contributed by atoms with Crippen LogP contribution in [-0.2, 0) is 4.74 Å². The van der Waals surface area contributed by atoms with Gasteiger partial charge in [-0.3, -0.25) is 4.90 Å². The Morgan fingerprint density at radius 3 is 2.56 bits per heavy atom. The number of piperazine rings is 1. The third-order valence-electron chi connectivity index (χ3n) is 4.42. The van der Waals surface area contributed by atoms with E-state index >= 15 is 0 Å². The standard InChI is InChI=1S/C13H26N2O/c1-3-13(4-2)11-12(5-10-16-13)15-8-6-14-7-9-15/h12,14H,3-11H2,1-2H3. The zero-order chi connectivity index (χ0) is 11.4. The van der Waals surface area contributed by atoms with E-state index < -0.39 is 0 Å². The lowest BCUT2D eigenvalue weighted by Crippen LogP contribution is -2.53. The molecule has 3 heteroatoms. The quantitative estimate of drug-likeness (QED) is 0.791. The molecule has 0 aliphatic carbocycles. The van der Waals surface area contributed by atoms with E-state index in [-0.39, 0.29) is 5.60 Å². The van der Waals surface area contributed by atoms with Crippen LogP contribution in [-0.4, -0.2) is 49.3 Å². The summed E-state index contributed by atoms with van der Waals surface area (Å²) in [5.41, 5.74) is 0.174. The minimum atomic E-state index is 0.174. The zero-order valence-electron chi connectivity index (χ0n) is 10.8. The van der Waals surface area contributed by atoms with Crippen molar-refractivity contribution in [1.82, 2.24) is 10.2 Å². The van der Waals surface area contributed by atoms with Crippen LogP contribution < -0.4 is 5.32 Å². The van der Waals surface area contributed by atoms with Crippen LogP contribution in [0, 0.1) is 0 Å². The van der Waals surface area contributed by atoms with Crippen molar-refractivity contribution < 1.29 is 4.74 Å². The van der Waals surface area contributed by atoms with Crippen molar-refractivity contribution in [3.8, 4) is 0 Å². The molecule has 2 aliphatic heterocycles. The summed E-state index contributed by atoms with van der Waals surface area (Å²) in [5.74, 6) is 0. The molecular weight excluding hydrogens is 200 g/mol. The molecule has 2 aliphatic rings. The molecule has 0 bridgehead atoms. The summed E-state index contributed by atoms with van der Waals surface area (Å²) in [5, 5.41) is 3.43. The fourth-order valence-corrected chi connectivity index (χ4v) is 3.10. The molecule has 3 nitrogen and oxygen atoms in total. The number of rotatable bonds is 3. The van der Waals surface area contributed by atoms with Crippen LogP contribution >= 0.6 is 0 Å². The largest absolute Gasteiger partial charge is 0.375 e. The third-order valence-corrected chi connectivity index (χ3v) is 4.42. The van der Waals surface area contributed by atoms with Gasteiger partial charge in [0.15, 0.2) is 0 Å². The first kappa shape index (κ1) is 12.3. The topological polar surface area (TPSA) is 24.5 Å². The first-order valence-electron chi connectivity index (χ1n) is 6.88. The Hall–Kier alpha value is -0.120. The third kappa shape index (κ3) is 2.58. The zero-order valence-corrected chi connectivity index (χ0v) is 10.8. The van der Waals surface area contributed by atoms with Gasteiger partial charge in [0, 0.05) is 38.8 Å². The second-order valence-electron chi connectivity index (χ2n) is 5.17. The highest BCUT2D eigenvalue weighted by Crippen LogP contribution is 2.33. The normalized spacial score (nSPS) is 31.5. The van der Waals surface area contributed by atoms with Crippen molar-refractivity contribution in [2.24, 2.45) is 0 Å². The summed E-state index contributed by atoms with van der Waals surface area (Å²) < 4.78 is 6.04. The van der Waals surface area contributed by atoms with Crippen LogP contribution in [0.3, 0.4) is 0 Å². The molecule has 0 aromatic carbocycles. The molecule has 1 atom stereocenters. The lowest BCUT2D eigenvalue weighted by molar-refractivity contribution is -0.111. The molecular formula is C13H26N2O. The van der Waals surface area contributed by atoms with E-state index in [9.17, 15) is 0 Å². The number of hydrogen-bond donors (Lipinski definition) is 1. The highest BCUT2D eigenvalue weighted by atomic mass is 16.5. The van der Waals surface area contributed by atoms with Crippen molar-refractivity contribution in [3.63, 3.8) is 0 Å². The van der Waals surface area contributed by atoms with Gasteiger partial charge in [0.25, 0.3) is 0 Å². The fraction of sp³-hybridized carbons (Fsp3) is 1.00. The van der Waals surface area contributed by atoms with Gasteiger partial charge in [0.1, 0.15) is 0 Å². The average Bonchev–Trinajstić information content (AvgIpc) is 2.40. The molecule has 0 saturated carbocycles. The predicted molar refractivity (Wildman–Crippen MR) is 66.7 cm³/mol. The van der Waals surface area contributed by atoms with Gasteiger partial charge in [-0.05, 0) is 25.7 Å². The molecule has 2 heterocycles. The second-order valence-corrected chi connectivity index (χ2v) is 5.17. The van der Waals surface area contributed by atoms with E-state index in [1.54, 1.807) is 0 Å². The number of hydrogen-bond acceptors (Lipinski definition) is 3. The van der Waals surface area contributed by atoms with E-state index in [1.165, 1.54) is 25.9 Å². The van der Waals surface area contributed by atoms with E-state index in [0.29, 0.717) is 0 Å². The minimum Gasteiger partial charge on any atom is -0.375 e. The van der Waals surface area contributed by atoms with Gasteiger partial charge in [-0.15, -0.1) is 0 Å². The molecule has 0 radical (unpaired) electrons. The van der Waals surface area contributed by atoms with Gasteiger partial charge in [-0.1, -0.05) is 13.8 Å². The van der Waals surface area contributed by atoms with E-state index in [0.717, 1.165) is 38.6 Å². The van der Waals surface area contributed by atoms with E-state index in [1.807, 2.05) is 0 Å². The van der Waals surface area contributed by atoms with Crippen molar-refractivity contribution in [2.75, 3.05) is 32.8 Å². The van der Waals surface area contributed by atoms with Gasteiger partial charge in [0.05, 0.1) is 5.60 Å². The maximum Gasteiger partial charge on any atom is 0.0692 e. The Bertz CT molecular complexity index is 210. The van der Waals surface area contributed by atoms with Gasteiger partial charge < -0.3 is 10.1 Å². The highest BCUT2D eigenvalue weighted by molar-refractivity contribution is 4.90. The minimum absolute atomic E-state index is 0.174. The fourth-order valence-electron chi connectivity index (χ4n) is 3.10. The van der Waals surface area contributed by atoms with Gasteiger partial charge in [-0.25, -0.2) is 0 Å². The number of ether oxygens (including phenoxy) is 1. The van der Waals surface area contributed by atoms with Crippen LogP contribution in [0.15, 0.2) is 0 Å². The number of nitrogens with one attached hydrogen (secondary N) is 1. The summed E-state index contributed by atoms with van der Waals surface area (Å²) in [6.45, 7) is 10.2. The molecule has 16 heavy (non-hydrogen) atoms. The average molecular weight is 226 g/mol.